The number of hydrogen-bond donors (Lipinski definition) is 4. The molecule has 0 heterocycles. The van der Waals surface area contributed by atoms with E-state index in [0.29, 0.717) is 6.42 Å². The lowest BCUT2D eigenvalue weighted by Gasteiger charge is -1.98. The minimum atomic E-state index is -0.906. The van der Waals surface area contributed by atoms with E-state index < -0.39 is 12.0 Å². The summed E-state index contributed by atoms with van der Waals surface area (Å²) in [6.07, 6.45) is 0.350. The monoisotopic (exact) mass is 188 g/mol. The predicted molar refractivity (Wildman–Crippen MR) is 46.1 cm³/mol. The Morgan fingerprint density at radius 3 is 2.46 bits per heavy atom. The molecule has 0 fully saturated rings. The molecule has 0 aliphatic rings. The normalized spacial score (nSPS) is 8.92. The topological polar surface area (TPSA) is 131 Å². The van der Waals surface area contributed by atoms with Gasteiger partial charge in [-0.05, 0) is 6.42 Å². The van der Waals surface area contributed by atoms with Gasteiger partial charge >= 0.3 is 12.0 Å². The average molecular weight is 188 g/mol. The van der Waals surface area contributed by atoms with Crippen LogP contribution in [-0.2, 0) is 4.79 Å². The van der Waals surface area contributed by atoms with Crippen LogP contribution in [0.1, 0.15) is 12.8 Å². The molecule has 0 saturated heterocycles. The van der Waals surface area contributed by atoms with E-state index in [1.807, 2.05) is 0 Å². The Morgan fingerprint density at radius 2 is 2.00 bits per heavy atom. The summed E-state index contributed by atoms with van der Waals surface area (Å²) in [6, 6.07) is -0.662. The molecule has 0 spiro atoms. The van der Waals surface area contributed by atoms with E-state index in [2.05, 4.69) is 10.3 Å². The summed E-state index contributed by atoms with van der Waals surface area (Å²) < 4.78 is 0. The molecular formula is C6H12N4O3. The van der Waals surface area contributed by atoms with Crippen LogP contribution in [0.2, 0.25) is 0 Å². The molecule has 7 nitrogen and oxygen atoms in total. The third-order valence-corrected chi connectivity index (χ3v) is 1.07. The van der Waals surface area contributed by atoms with Gasteiger partial charge in [0.05, 0.1) is 0 Å². The minimum absolute atomic E-state index is 0.00208. The Kier molecular flexibility index (Phi) is 5.01. The highest BCUT2D eigenvalue weighted by Gasteiger charge is 1.99. The molecule has 0 saturated carbocycles. The molecule has 0 radical (unpaired) electrons. The number of carbonyl (C=O) groups is 2. The first-order valence-electron chi connectivity index (χ1n) is 3.61. The van der Waals surface area contributed by atoms with Crippen molar-refractivity contribution < 1.29 is 14.7 Å². The molecule has 2 amide bonds. The van der Waals surface area contributed by atoms with Crippen LogP contribution in [0.15, 0.2) is 4.99 Å². The first-order valence-corrected chi connectivity index (χ1v) is 3.61. The van der Waals surface area contributed by atoms with Crippen molar-refractivity contribution in [3.63, 3.8) is 0 Å². The number of urea groups is 1. The number of aliphatic imine (C=N–C) groups is 1. The first-order chi connectivity index (χ1) is 6.02. The van der Waals surface area contributed by atoms with Crippen molar-refractivity contribution in [2.45, 2.75) is 12.8 Å². The maximum atomic E-state index is 10.7. The average Bonchev–Trinajstić information content (AvgIpc) is 1.96. The van der Waals surface area contributed by atoms with Gasteiger partial charge in [0, 0.05) is 13.0 Å². The van der Waals surface area contributed by atoms with Crippen LogP contribution in [0, 0.1) is 0 Å². The van der Waals surface area contributed by atoms with Gasteiger partial charge in [-0.1, -0.05) is 0 Å². The number of carboxylic acid groups (broad SMARTS) is 1. The number of nitrogens with one attached hydrogen (secondary N) is 1. The number of amides is 2. The molecule has 0 rings (SSSR count). The smallest absolute Gasteiger partial charge is 0.344 e. The molecule has 7 heteroatoms. The summed E-state index contributed by atoms with van der Waals surface area (Å²) in [5.74, 6) is -1.23. The number of carbonyl (C=O) groups excluding carboxylic acids is 1. The SMILES string of the molecule is NC(N)=NC(=O)NCCCC(=O)O. The summed E-state index contributed by atoms with van der Waals surface area (Å²) >= 11 is 0. The zero-order valence-corrected chi connectivity index (χ0v) is 6.99. The van der Waals surface area contributed by atoms with Crippen LogP contribution in [-0.4, -0.2) is 29.6 Å². The van der Waals surface area contributed by atoms with Gasteiger partial charge in [-0.25, -0.2) is 4.79 Å². The lowest BCUT2D eigenvalue weighted by atomic mass is 10.3. The van der Waals surface area contributed by atoms with E-state index in [9.17, 15) is 9.59 Å². The number of aliphatic carboxylic acids is 1. The third kappa shape index (κ3) is 8.11. The zero-order chi connectivity index (χ0) is 10.3. The molecule has 0 aromatic heterocycles. The van der Waals surface area contributed by atoms with Crippen molar-refractivity contribution in [1.82, 2.24) is 5.32 Å². The Morgan fingerprint density at radius 1 is 1.38 bits per heavy atom. The number of rotatable bonds is 4. The second-order valence-electron chi connectivity index (χ2n) is 2.27. The molecule has 0 atom stereocenters. The molecule has 13 heavy (non-hydrogen) atoms. The van der Waals surface area contributed by atoms with Gasteiger partial charge < -0.3 is 21.9 Å². The van der Waals surface area contributed by atoms with Crippen LogP contribution in [0.5, 0.6) is 0 Å². The van der Waals surface area contributed by atoms with Crippen LogP contribution in [0.25, 0.3) is 0 Å². The molecule has 74 valence electrons. The van der Waals surface area contributed by atoms with Crippen LogP contribution in [0.3, 0.4) is 0 Å². The Balaban J connectivity index is 3.49. The second-order valence-corrected chi connectivity index (χ2v) is 2.27. The number of guanidine groups is 1. The highest BCUT2D eigenvalue weighted by Crippen LogP contribution is 1.86. The Hall–Kier alpha value is -1.79. The summed E-state index contributed by atoms with van der Waals surface area (Å²) in [7, 11) is 0. The maximum Gasteiger partial charge on any atom is 0.344 e. The van der Waals surface area contributed by atoms with Crippen molar-refractivity contribution >= 4 is 18.0 Å². The van der Waals surface area contributed by atoms with E-state index in [1.165, 1.54) is 0 Å². The van der Waals surface area contributed by atoms with E-state index >= 15 is 0 Å². The van der Waals surface area contributed by atoms with Crippen molar-refractivity contribution in [1.29, 1.82) is 0 Å². The molecule has 0 aliphatic carbocycles. The second kappa shape index (κ2) is 5.81. The molecule has 0 aromatic carbocycles. The Labute approximate surface area is 74.8 Å². The Bertz CT molecular complexity index is 222. The fourth-order valence-corrected chi connectivity index (χ4v) is 0.592. The molecule has 0 unspecified atom stereocenters. The zero-order valence-electron chi connectivity index (χ0n) is 6.99. The van der Waals surface area contributed by atoms with Gasteiger partial charge in [-0.3, -0.25) is 4.79 Å². The lowest BCUT2D eigenvalue weighted by Crippen LogP contribution is -2.29. The van der Waals surface area contributed by atoms with Gasteiger partial charge in [0.1, 0.15) is 0 Å². The minimum Gasteiger partial charge on any atom is -0.481 e. The molecule has 0 bridgehead atoms. The van der Waals surface area contributed by atoms with Gasteiger partial charge in [-0.2, -0.15) is 4.99 Å². The number of carboxylic acids is 1. The van der Waals surface area contributed by atoms with Crippen molar-refractivity contribution in [3.05, 3.63) is 0 Å². The summed E-state index contributed by atoms with van der Waals surface area (Å²) in [4.78, 5) is 23.9. The predicted octanol–water partition coefficient (Wildman–Crippen LogP) is -1.17. The summed E-state index contributed by atoms with van der Waals surface area (Å²) in [6.45, 7) is 0.238. The van der Waals surface area contributed by atoms with Crippen molar-refractivity contribution in [3.8, 4) is 0 Å². The molecule has 6 N–H and O–H groups in total. The quantitative estimate of drug-likeness (QED) is 0.251. The van der Waals surface area contributed by atoms with Gasteiger partial charge in [-0.15, -0.1) is 0 Å². The van der Waals surface area contributed by atoms with Gasteiger partial charge in [0.15, 0.2) is 5.96 Å². The molecule has 0 aliphatic heterocycles. The number of nitrogens with zero attached hydrogens (tertiary/aromatic N) is 1. The van der Waals surface area contributed by atoms with E-state index in [-0.39, 0.29) is 18.9 Å². The highest BCUT2D eigenvalue weighted by atomic mass is 16.4. The van der Waals surface area contributed by atoms with E-state index in [1.54, 1.807) is 0 Å². The first kappa shape index (κ1) is 11.2. The van der Waals surface area contributed by atoms with Crippen molar-refractivity contribution in [2.75, 3.05) is 6.54 Å². The standard InChI is InChI=1S/C6H12N4O3/c7-5(8)10-6(13)9-3-1-2-4(11)12/h1-3H2,(H,11,12)(H5,7,8,9,10,13). The van der Waals surface area contributed by atoms with E-state index in [0.717, 1.165) is 0 Å². The molecular weight excluding hydrogens is 176 g/mol. The molecule has 0 aromatic rings. The van der Waals surface area contributed by atoms with Gasteiger partial charge in [0.2, 0.25) is 0 Å². The fraction of sp³-hybridized carbons (Fsp3) is 0.500. The highest BCUT2D eigenvalue weighted by molar-refractivity contribution is 5.90. The van der Waals surface area contributed by atoms with E-state index in [4.69, 9.17) is 16.6 Å². The summed E-state index contributed by atoms with van der Waals surface area (Å²) in [5.41, 5.74) is 9.84. The maximum absolute atomic E-state index is 10.7. The van der Waals surface area contributed by atoms with Crippen molar-refractivity contribution in [2.24, 2.45) is 16.5 Å². The fourth-order valence-electron chi connectivity index (χ4n) is 0.592. The lowest BCUT2D eigenvalue weighted by molar-refractivity contribution is -0.137. The largest absolute Gasteiger partial charge is 0.481 e. The van der Waals surface area contributed by atoms with Gasteiger partial charge in [0.25, 0.3) is 0 Å². The number of nitrogens with two attached hydrogens (primary N) is 2. The van der Waals surface area contributed by atoms with Crippen LogP contribution in [0.4, 0.5) is 4.79 Å². The summed E-state index contributed by atoms with van der Waals surface area (Å²) in [5, 5.41) is 10.6. The van der Waals surface area contributed by atoms with Crippen LogP contribution >= 0.6 is 0 Å². The third-order valence-electron chi connectivity index (χ3n) is 1.07. The van der Waals surface area contributed by atoms with Crippen LogP contribution < -0.4 is 16.8 Å². The number of hydrogen-bond acceptors (Lipinski definition) is 2.